The average molecular weight is 402 g/mol. The van der Waals surface area contributed by atoms with E-state index in [2.05, 4.69) is 24.9 Å². The fourth-order valence-electron chi connectivity index (χ4n) is 4.71. The van der Waals surface area contributed by atoms with Crippen LogP contribution in [0.25, 0.3) is 22.4 Å². The minimum Gasteiger partial charge on any atom is -0.492 e. The van der Waals surface area contributed by atoms with Crippen LogP contribution in [0.4, 0.5) is 0 Å². The molecule has 1 N–H and O–H groups in total. The second-order valence-electron chi connectivity index (χ2n) is 8.26. The second kappa shape index (κ2) is 6.83. The van der Waals surface area contributed by atoms with E-state index in [1.807, 2.05) is 22.9 Å². The maximum atomic E-state index is 12.6. The van der Waals surface area contributed by atoms with Crippen molar-refractivity contribution in [3.63, 3.8) is 0 Å². The van der Waals surface area contributed by atoms with Crippen molar-refractivity contribution < 1.29 is 14.6 Å². The Balaban J connectivity index is 1.82. The van der Waals surface area contributed by atoms with Crippen molar-refractivity contribution in [3.05, 3.63) is 69.8 Å². The minimum absolute atomic E-state index is 0.0696. The zero-order chi connectivity index (χ0) is 21.0. The molecule has 0 aliphatic carbocycles. The first-order valence-corrected chi connectivity index (χ1v) is 10.2. The van der Waals surface area contributed by atoms with Crippen LogP contribution in [0.2, 0.25) is 0 Å². The first-order chi connectivity index (χ1) is 14.5. The maximum absolute atomic E-state index is 12.6. The molecule has 30 heavy (non-hydrogen) atoms. The highest BCUT2D eigenvalue weighted by Crippen LogP contribution is 2.47. The molecular formula is C24H22N2O4. The van der Waals surface area contributed by atoms with Gasteiger partial charge in [-0.2, -0.15) is 0 Å². The molecule has 1 unspecified atom stereocenters. The summed E-state index contributed by atoms with van der Waals surface area (Å²) in [5.74, 6) is -0.0127. The molecule has 0 saturated carbocycles. The van der Waals surface area contributed by atoms with Crippen LogP contribution in [-0.2, 0) is 12.8 Å². The molecule has 6 heteroatoms. The molecule has 0 saturated heterocycles. The van der Waals surface area contributed by atoms with E-state index in [0.29, 0.717) is 6.61 Å². The number of aromatic carboxylic acids is 1. The predicted octanol–water partition coefficient (Wildman–Crippen LogP) is 3.96. The number of fused-ring (bicyclic) bond motifs is 5. The van der Waals surface area contributed by atoms with Crippen LogP contribution in [0.15, 0.2) is 47.7 Å². The second-order valence-corrected chi connectivity index (χ2v) is 8.26. The first kappa shape index (κ1) is 18.6. The van der Waals surface area contributed by atoms with Gasteiger partial charge in [-0.05, 0) is 30.0 Å². The highest BCUT2D eigenvalue weighted by atomic mass is 16.5. The molecule has 1 atom stereocenters. The number of carbonyl (C=O) groups is 1. The summed E-state index contributed by atoms with van der Waals surface area (Å²) in [7, 11) is 0. The molecule has 5 rings (SSSR count). The van der Waals surface area contributed by atoms with Crippen LogP contribution >= 0.6 is 0 Å². The average Bonchev–Trinajstić information content (AvgIpc) is 3.22. The van der Waals surface area contributed by atoms with Crippen molar-refractivity contribution in [1.29, 1.82) is 0 Å². The standard InChI is InChI=1S/C24H22N2O4/c1-13(2)20-9-17-15-5-7-30-23(15)16(14-4-3-6-25-11-14)8-18(17)21-10-22(27)19(24(28)29)12-26(20)21/h3-4,6,8,10-13,20H,5,7,9H2,1-2H3,(H,28,29). The van der Waals surface area contributed by atoms with Crippen molar-refractivity contribution in [3.8, 4) is 28.1 Å². The lowest BCUT2D eigenvalue weighted by molar-refractivity contribution is 0.0694. The molecule has 4 heterocycles. The lowest BCUT2D eigenvalue weighted by Gasteiger charge is -2.34. The van der Waals surface area contributed by atoms with Gasteiger partial charge in [0, 0.05) is 59.4 Å². The number of rotatable bonds is 3. The highest BCUT2D eigenvalue weighted by Gasteiger charge is 2.33. The molecular weight excluding hydrogens is 380 g/mol. The first-order valence-electron chi connectivity index (χ1n) is 10.2. The van der Waals surface area contributed by atoms with Gasteiger partial charge in [0.2, 0.25) is 0 Å². The summed E-state index contributed by atoms with van der Waals surface area (Å²) in [4.78, 5) is 28.4. The number of hydrogen-bond acceptors (Lipinski definition) is 4. The summed E-state index contributed by atoms with van der Waals surface area (Å²) >= 11 is 0. The molecule has 152 valence electrons. The van der Waals surface area contributed by atoms with Gasteiger partial charge in [-0.25, -0.2) is 4.79 Å². The van der Waals surface area contributed by atoms with Crippen molar-refractivity contribution in [2.45, 2.75) is 32.7 Å². The molecule has 2 aliphatic rings. The predicted molar refractivity (Wildman–Crippen MR) is 113 cm³/mol. The third-order valence-electron chi connectivity index (χ3n) is 6.19. The van der Waals surface area contributed by atoms with Gasteiger partial charge < -0.3 is 14.4 Å². The lowest BCUT2D eigenvalue weighted by Crippen LogP contribution is -2.28. The van der Waals surface area contributed by atoms with Crippen LogP contribution in [0.3, 0.4) is 0 Å². The van der Waals surface area contributed by atoms with E-state index in [1.165, 1.54) is 23.4 Å². The minimum atomic E-state index is -1.19. The van der Waals surface area contributed by atoms with Gasteiger partial charge in [0.25, 0.3) is 0 Å². The Morgan fingerprint density at radius 2 is 2.10 bits per heavy atom. The number of hydrogen-bond donors (Lipinski definition) is 1. The number of benzene rings is 1. The molecule has 3 aromatic rings. The quantitative estimate of drug-likeness (QED) is 0.717. The van der Waals surface area contributed by atoms with E-state index in [0.717, 1.165) is 41.0 Å². The van der Waals surface area contributed by atoms with Gasteiger partial charge in [-0.15, -0.1) is 0 Å². The number of nitrogens with zero attached hydrogens (tertiary/aromatic N) is 2. The van der Waals surface area contributed by atoms with Gasteiger partial charge in [0.05, 0.1) is 12.3 Å². The smallest absolute Gasteiger partial charge is 0.341 e. The van der Waals surface area contributed by atoms with Crippen LogP contribution in [0.1, 0.15) is 41.4 Å². The van der Waals surface area contributed by atoms with Gasteiger partial charge >= 0.3 is 5.97 Å². The molecule has 0 fully saturated rings. The Labute approximate surface area is 173 Å². The molecule has 0 spiro atoms. The van der Waals surface area contributed by atoms with Gasteiger partial charge in [0.1, 0.15) is 11.3 Å². The van der Waals surface area contributed by atoms with Crippen LogP contribution in [-0.4, -0.2) is 27.2 Å². The Morgan fingerprint density at radius 3 is 2.80 bits per heavy atom. The van der Waals surface area contributed by atoms with E-state index >= 15 is 0 Å². The Kier molecular flexibility index (Phi) is 4.24. The molecule has 0 radical (unpaired) electrons. The number of carboxylic acids is 1. The molecule has 0 amide bonds. The largest absolute Gasteiger partial charge is 0.492 e. The Hall–Kier alpha value is -3.41. The zero-order valence-corrected chi connectivity index (χ0v) is 16.9. The van der Waals surface area contributed by atoms with Crippen molar-refractivity contribution >= 4 is 5.97 Å². The fourth-order valence-corrected chi connectivity index (χ4v) is 4.71. The topological polar surface area (TPSA) is 81.4 Å². The van der Waals surface area contributed by atoms with Gasteiger partial charge in [-0.1, -0.05) is 19.9 Å². The van der Waals surface area contributed by atoms with Crippen LogP contribution in [0.5, 0.6) is 5.75 Å². The van der Waals surface area contributed by atoms with E-state index < -0.39 is 11.4 Å². The zero-order valence-electron chi connectivity index (χ0n) is 16.9. The number of ether oxygens (including phenoxy) is 1. The van der Waals surface area contributed by atoms with Crippen molar-refractivity contribution in [1.82, 2.24) is 9.55 Å². The maximum Gasteiger partial charge on any atom is 0.341 e. The monoisotopic (exact) mass is 402 g/mol. The van der Waals surface area contributed by atoms with E-state index in [4.69, 9.17) is 4.74 Å². The van der Waals surface area contributed by atoms with E-state index in [9.17, 15) is 14.7 Å². The van der Waals surface area contributed by atoms with Gasteiger partial charge in [0.15, 0.2) is 5.43 Å². The molecule has 2 aromatic heterocycles. The summed E-state index contributed by atoms with van der Waals surface area (Å²) in [5.41, 5.74) is 5.40. The van der Waals surface area contributed by atoms with Crippen LogP contribution < -0.4 is 10.2 Å². The molecule has 2 aliphatic heterocycles. The third-order valence-corrected chi connectivity index (χ3v) is 6.19. The fraction of sp³-hybridized carbons (Fsp3) is 0.292. The SMILES string of the molecule is CC(C)C1Cc2c(cc(-c3cccnc3)c3c2CCO3)-c2cc(=O)c(C(=O)O)cn21. The summed E-state index contributed by atoms with van der Waals surface area (Å²) in [6, 6.07) is 7.50. The highest BCUT2D eigenvalue weighted by molar-refractivity contribution is 5.88. The van der Waals surface area contributed by atoms with E-state index in [1.54, 1.807) is 6.20 Å². The Morgan fingerprint density at radius 1 is 1.27 bits per heavy atom. The number of aromatic nitrogens is 2. The summed E-state index contributed by atoms with van der Waals surface area (Å²) < 4.78 is 8.01. The van der Waals surface area contributed by atoms with E-state index in [-0.39, 0.29) is 17.5 Å². The molecule has 6 nitrogen and oxygen atoms in total. The Bertz CT molecular complexity index is 1230. The molecule has 1 aromatic carbocycles. The number of carboxylic acid groups (broad SMARTS) is 1. The summed E-state index contributed by atoms with van der Waals surface area (Å²) in [5, 5.41) is 9.47. The van der Waals surface area contributed by atoms with Crippen molar-refractivity contribution in [2.24, 2.45) is 5.92 Å². The van der Waals surface area contributed by atoms with Crippen LogP contribution in [0, 0.1) is 5.92 Å². The normalized spacial score (nSPS) is 16.6. The summed E-state index contributed by atoms with van der Waals surface area (Å²) in [6.07, 6.45) is 6.67. The van der Waals surface area contributed by atoms with Gasteiger partial charge in [-0.3, -0.25) is 9.78 Å². The van der Waals surface area contributed by atoms with Crippen molar-refractivity contribution in [2.75, 3.05) is 6.61 Å². The lowest BCUT2D eigenvalue weighted by atomic mass is 9.82. The number of pyridine rings is 2. The summed E-state index contributed by atoms with van der Waals surface area (Å²) in [6.45, 7) is 4.88. The molecule has 0 bridgehead atoms. The third kappa shape index (κ3) is 2.75.